The molecule has 0 unspecified atom stereocenters. The van der Waals surface area contributed by atoms with Gasteiger partial charge in [-0.05, 0) is 36.8 Å². The first-order valence-electron chi connectivity index (χ1n) is 10.5. The predicted molar refractivity (Wildman–Crippen MR) is 116 cm³/mol. The number of aromatic amines is 1. The van der Waals surface area contributed by atoms with E-state index in [1.165, 1.54) is 0 Å². The molecule has 2 aromatic rings. The zero-order valence-corrected chi connectivity index (χ0v) is 17.3. The summed E-state index contributed by atoms with van der Waals surface area (Å²) in [5, 5.41) is 5.58. The molecule has 1 aromatic heterocycles. The van der Waals surface area contributed by atoms with Crippen molar-refractivity contribution in [3.05, 3.63) is 45.7 Å². The molecule has 1 fully saturated rings. The number of anilines is 3. The molecule has 2 amide bonds. The molecule has 4 rings (SSSR count). The van der Waals surface area contributed by atoms with Gasteiger partial charge in [0.2, 0.25) is 17.8 Å². The molecule has 30 heavy (non-hydrogen) atoms. The predicted octanol–water partition coefficient (Wildman–Crippen LogP) is 2.63. The number of nitrogens with one attached hydrogen (secondary N) is 3. The molecule has 8 heteroatoms. The van der Waals surface area contributed by atoms with Crippen molar-refractivity contribution in [1.29, 1.82) is 0 Å². The minimum Gasteiger partial charge on any atom is -0.342 e. The second-order valence-electron chi connectivity index (χ2n) is 8.15. The first-order valence-corrected chi connectivity index (χ1v) is 10.5. The standard InChI is InChI=1S/C22H27N5O3/c1-3-14-8-4-5-9-16(14)23-20(29)15-11-17(28)24-19-18(15)21(30)26-22(25-19)27-10-6-7-13(2)12-27/h4-5,8-9,13,15H,3,6-7,10-12H2,1-2H3,(H,23,29)(H2,24,25,26,28,30)/t13-,15+/m1/s1. The number of benzene rings is 1. The van der Waals surface area contributed by atoms with Crippen molar-refractivity contribution in [1.82, 2.24) is 9.97 Å². The maximum Gasteiger partial charge on any atom is 0.258 e. The Morgan fingerprint density at radius 2 is 2.10 bits per heavy atom. The first kappa shape index (κ1) is 20.1. The third-order valence-electron chi connectivity index (χ3n) is 5.87. The highest BCUT2D eigenvalue weighted by Crippen LogP contribution is 2.31. The number of hydrogen-bond acceptors (Lipinski definition) is 5. The van der Waals surface area contributed by atoms with Crippen LogP contribution in [0.5, 0.6) is 0 Å². The SMILES string of the molecule is CCc1ccccc1NC(=O)[C@H]1CC(=O)Nc2nc(N3CCC[C@@H](C)C3)[nH]c(=O)c21. The summed E-state index contributed by atoms with van der Waals surface area (Å²) in [4.78, 5) is 47.7. The van der Waals surface area contributed by atoms with E-state index in [9.17, 15) is 14.4 Å². The molecule has 158 valence electrons. The zero-order chi connectivity index (χ0) is 21.3. The Labute approximate surface area is 175 Å². The lowest BCUT2D eigenvalue weighted by Crippen LogP contribution is -2.40. The average Bonchev–Trinajstić information content (AvgIpc) is 2.73. The molecule has 1 saturated heterocycles. The number of para-hydroxylation sites is 1. The van der Waals surface area contributed by atoms with Crippen LogP contribution in [0.15, 0.2) is 29.1 Å². The fourth-order valence-electron chi connectivity index (χ4n) is 4.29. The van der Waals surface area contributed by atoms with E-state index in [1.807, 2.05) is 36.1 Å². The van der Waals surface area contributed by atoms with Gasteiger partial charge < -0.3 is 15.5 Å². The van der Waals surface area contributed by atoms with Crippen LogP contribution in [0.2, 0.25) is 0 Å². The summed E-state index contributed by atoms with van der Waals surface area (Å²) in [5.41, 5.74) is 1.53. The highest BCUT2D eigenvalue weighted by atomic mass is 16.2. The maximum atomic E-state index is 13.0. The quantitative estimate of drug-likeness (QED) is 0.720. The smallest absolute Gasteiger partial charge is 0.258 e. The topological polar surface area (TPSA) is 107 Å². The largest absolute Gasteiger partial charge is 0.342 e. The Hall–Kier alpha value is -3.16. The molecule has 2 atom stereocenters. The van der Waals surface area contributed by atoms with Crippen molar-refractivity contribution in [3.63, 3.8) is 0 Å². The number of piperidine rings is 1. The highest BCUT2D eigenvalue weighted by Gasteiger charge is 2.35. The Balaban J connectivity index is 1.65. The number of nitrogens with zero attached hydrogens (tertiary/aromatic N) is 2. The third-order valence-corrected chi connectivity index (χ3v) is 5.87. The van der Waals surface area contributed by atoms with Crippen LogP contribution < -0.4 is 21.1 Å². The highest BCUT2D eigenvalue weighted by molar-refractivity contribution is 6.04. The van der Waals surface area contributed by atoms with Gasteiger partial charge in [0.05, 0.1) is 11.5 Å². The number of fused-ring (bicyclic) bond motifs is 1. The first-order chi connectivity index (χ1) is 14.5. The van der Waals surface area contributed by atoms with Gasteiger partial charge in [-0.3, -0.25) is 19.4 Å². The Kier molecular flexibility index (Phi) is 5.57. The van der Waals surface area contributed by atoms with Crippen LogP contribution in [-0.2, 0) is 16.0 Å². The molecule has 3 heterocycles. The van der Waals surface area contributed by atoms with Gasteiger partial charge in [0.1, 0.15) is 5.82 Å². The number of aromatic nitrogens is 2. The third kappa shape index (κ3) is 3.94. The minimum absolute atomic E-state index is 0.0853. The fourth-order valence-corrected chi connectivity index (χ4v) is 4.29. The molecule has 1 aromatic carbocycles. The second kappa shape index (κ2) is 8.30. The molecule has 8 nitrogen and oxygen atoms in total. The van der Waals surface area contributed by atoms with E-state index in [1.54, 1.807) is 0 Å². The summed E-state index contributed by atoms with van der Waals surface area (Å²) in [5.74, 6) is -0.438. The molecular weight excluding hydrogens is 382 g/mol. The summed E-state index contributed by atoms with van der Waals surface area (Å²) >= 11 is 0. The summed E-state index contributed by atoms with van der Waals surface area (Å²) in [6.07, 6.45) is 2.84. The van der Waals surface area contributed by atoms with Gasteiger partial charge in [-0.25, -0.2) is 0 Å². The van der Waals surface area contributed by atoms with Gasteiger partial charge >= 0.3 is 0 Å². The number of carbonyl (C=O) groups excluding carboxylic acids is 2. The van der Waals surface area contributed by atoms with Gasteiger partial charge in [-0.2, -0.15) is 4.98 Å². The molecule has 2 aliphatic heterocycles. The van der Waals surface area contributed by atoms with E-state index in [-0.39, 0.29) is 35.2 Å². The Morgan fingerprint density at radius 1 is 1.30 bits per heavy atom. The van der Waals surface area contributed by atoms with Crippen LogP contribution in [-0.4, -0.2) is 34.9 Å². The van der Waals surface area contributed by atoms with Gasteiger partial charge in [0.15, 0.2) is 0 Å². The fraction of sp³-hybridized carbons (Fsp3) is 0.455. The van der Waals surface area contributed by atoms with E-state index in [2.05, 4.69) is 27.5 Å². The van der Waals surface area contributed by atoms with Crippen LogP contribution >= 0.6 is 0 Å². The van der Waals surface area contributed by atoms with Crippen molar-refractivity contribution >= 4 is 29.3 Å². The van der Waals surface area contributed by atoms with Crippen molar-refractivity contribution in [2.75, 3.05) is 28.6 Å². The lowest BCUT2D eigenvalue weighted by atomic mass is 9.92. The average molecular weight is 409 g/mol. The maximum absolute atomic E-state index is 13.0. The van der Waals surface area contributed by atoms with Crippen molar-refractivity contribution in [3.8, 4) is 0 Å². The van der Waals surface area contributed by atoms with E-state index < -0.39 is 5.92 Å². The van der Waals surface area contributed by atoms with E-state index in [4.69, 9.17) is 0 Å². The molecular formula is C22H27N5O3. The van der Waals surface area contributed by atoms with Gasteiger partial charge in [0.25, 0.3) is 5.56 Å². The summed E-state index contributed by atoms with van der Waals surface area (Å²) in [6, 6.07) is 7.52. The summed E-state index contributed by atoms with van der Waals surface area (Å²) in [6.45, 7) is 5.77. The number of hydrogen-bond donors (Lipinski definition) is 3. The molecule has 0 saturated carbocycles. The Morgan fingerprint density at radius 3 is 2.87 bits per heavy atom. The van der Waals surface area contributed by atoms with Crippen LogP contribution in [0.3, 0.4) is 0 Å². The van der Waals surface area contributed by atoms with E-state index in [0.717, 1.165) is 37.9 Å². The number of amides is 2. The molecule has 0 aliphatic carbocycles. The Bertz CT molecular complexity index is 1030. The lowest BCUT2D eigenvalue weighted by Gasteiger charge is -2.32. The van der Waals surface area contributed by atoms with E-state index in [0.29, 0.717) is 17.6 Å². The number of carbonyl (C=O) groups is 2. The van der Waals surface area contributed by atoms with Crippen LogP contribution in [0.4, 0.5) is 17.5 Å². The van der Waals surface area contributed by atoms with Crippen LogP contribution in [0.1, 0.15) is 50.2 Å². The molecule has 2 aliphatic rings. The summed E-state index contributed by atoms with van der Waals surface area (Å²) < 4.78 is 0. The molecule has 0 bridgehead atoms. The summed E-state index contributed by atoms with van der Waals surface area (Å²) in [7, 11) is 0. The van der Waals surface area contributed by atoms with Gasteiger partial charge in [0, 0.05) is 25.2 Å². The lowest BCUT2D eigenvalue weighted by molar-refractivity contribution is -0.123. The van der Waals surface area contributed by atoms with Crippen LogP contribution in [0.25, 0.3) is 0 Å². The van der Waals surface area contributed by atoms with Crippen molar-refractivity contribution in [2.45, 2.75) is 45.4 Å². The van der Waals surface area contributed by atoms with Crippen LogP contribution in [0, 0.1) is 5.92 Å². The van der Waals surface area contributed by atoms with Gasteiger partial charge in [-0.15, -0.1) is 0 Å². The number of rotatable bonds is 4. The monoisotopic (exact) mass is 409 g/mol. The minimum atomic E-state index is -0.885. The number of aryl methyl sites for hydroxylation is 1. The normalized spacial score (nSPS) is 21.0. The van der Waals surface area contributed by atoms with Crippen molar-refractivity contribution < 1.29 is 9.59 Å². The van der Waals surface area contributed by atoms with Crippen molar-refractivity contribution in [2.24, 2.45) is 5.92 Å². The zero-order valence-electron chi connectivity index (χ0n) is 17.3. The van der Waals surface area contributed by atoms with E-state index >= 15 is 0 Å². The molecule has 0 spiro atoms. The van der Waals surface area contributed by atoms with Gasteiger partial charge in [-0.1, -0.05) is 32.0 Å². The molecule has 3 N–H and O–H groups in total. The number of H-pyrrole nitrogens is 1. The second-order valence-corrected chi connectivity index (χ2v) is 8.15. The molecule has 0 radical (unpaired) electrons.